The van der Waals surface area contributed by atoms with E-state index in [0.29, 0.717) is 19.1 Å². The van der Waals surface area contributed by atoms with Gasteiger partial charge in [-0.15, -0.1) is 0 Å². The summed E-state index contributed by atoms with van der Waals surface area (Å²) in [5.41, 5.74) is 0.745. The summed E-state index contributed by atoms with van der Waals surface area (Å²) >= 11 is 0. The molecule has 2 heterocycles. The van der Waals surface area contributed by atoms with Crippen LogP contribution < -0.4 is 10.6 Å². The average molecular weight is 552 g/mol. The largest absolute Gasteiger partial charge is 0.343 e. The molecule has 1 aromatic carbocycles. The van der Waals surface area contributed by atoms with E-state index < -0.39 is 11.7 Å². The van der Waals surface area contributed by atoms with Gasteiger partial charge in [0.05, 0.1) is 6.54 Å². The van der Waals surface area contributed by atoms with Gasteiger partial charge in [-0.3, -0.25) is 4.84 Å². The van der Waals surface area contributed by atoms with E-state index in [9.17, 15) is 9.59 Å². The van der Waals surface area contributed by atoms with Crippen molar-refractivity contribution in [3.63, 3.8) is 0 Å². The number of nitrogens with zero attached hydrogens (tertiary/aromatic N) is 4. The summed E-state index contributed by atoms with van der Waals surface area (Å²) in [6.45, 7) is 9.99. The third-order valence-electron chi connectivity index (χ3n) is 6.11. The number of rotatable bonds is 9. The Labute approximate surface area is 235 Å². The molecule has 1 saturated carbocycles. The molecule has 4 rings (SSSR count). The number of alkyl carbamates (subject to hydrolysis) is 1. The second-order valence-corrected chi connectivity index (χ2v) is 10.4. The maximum atomic E-state index is 11.9. The van der Waals surface area contributed by atoms with E-state index in [0.717, 1.165) is 50.8 Å². The molecule has 2 aliphatic rings. The summed E-state index contributed by atoms with van der Waals surface area (Å²) in [4.78, 5) is 31.1. The van der Waals surface area contributed by atoms with Gasteiger partial charge in [-0.2, -0.15) is 0 Å². The maximum Gasteiger partial charge on any atom is 0.343 e. The third-order valence-corrected chi connectivity index (χ3v) is 6.11. The Balaban J connectivity index is 0.000000230. The summed E-state index contributed by atoms with van der Waals surface area (Å²) < 4.78 is 14.9. The Morgan fingerprint density at radius 1 is 1.23 bits per heavy atom. The number of aromatic nitrogens is 1. The molecular formula is C27H37BN6O6. The molecule has 2 aromatic rings. The zero-order chi connectivity index (χ0) is 29.0. The van der Waals surface area contributed by atoms with Crippen molar-refractivity contribution in [1.29, 1.82) is 5.26 Å². The number of amides is 3. The molecule has 2 fully saturated rings. The van der Waals surface area contributed by atoms with Crippen molar-refractivity contribution in [2.24, 2.45) is 0 Å². The fraction of sp³-hybridized carbons (Fsp3) is 0.519. The van der Waals surface area contributed by atoms with E-state index >= 15 is 0 Å². The van der Waals surface area contributed by atoms with Gasteiger partial charge in [0.15, 0.2) is 0 Å². The minimum Gasteiger partial charge on any atom is -0.323 e. The molecule has 0 spiro atoms. The van der Waals surface area contributed by atoms with E-state index in [4.69, 9.17) is 19.4 Å². The van der Waals surface area contributed by atoms with Gasteiger partial charge >= 0.3 is 140 Å². The predicted molar refractivity (Wildman–Crippen MR) is 147 cm³/mol. The minimum atomic E-state index is -0.621. The summed E-state index contributed by atoms with van der Waals surface area (Å²) in [5, 5.41) is 19.3. The van der Waals surface area contributed by atoms with Crippen LogP contribution in [0.1, 0.15) is 64.2 Å². The van der Waals surface area contributed by atoms with Crippen molar-refractivity contribution in [3.8, 4) is 6.26 Å². The van der Waals surface area contributed by atoms with Gasteiger partial charge < -0.3 is 4.90 Å². The van der Waals surface area contributed by atoms with Crippen LogP contribution in [0.5, 0.6) is 0 Å². The van der Waals surface area contributed by atoms with E-state index in [2.05, 4.69) is 20.4 Å². The van der Waals surface area contributed by atoms with Gasteiger partial charge in [-0.25, -0.2) is 9.86 Å². The molecule has 2 N–H and O–H groups in total. The topological polar surface area (TPSA) is 142 Å². The van der Waals surface area contributed by atoms with Crippen LogP contribution in [0.2, 0.25) is 0 Å². The van der Waals surface area contributed by atoms with Crippen LogP contribution in [0.4, 0.5) is 9.59 Å². The fourth-order valence-electron chi connectivity index (χ4n) is 4.12. The summed E-state index contributed by atoms with van der Waals surface area (Å²) in [6.07, 6.45) is 5.15. The normalized spacial score (nSPS) is 18.8. The van der Waals surface area contributed by atoms with Crippen molar-refractivity contribution in [1.82, 2.24) is 25.8 Å². The number of hydrogen-bond acceptors (Lipinski definition) is 9. The maximum absolute atomic E-state index is 11.9. The van der Waals surface area contributed by atoms with Gasteiger partial charge in [0.2, 0.25) is 0 Å². The standard InChI is InChI=1S/C14H19BN4O4.C13H18N2O2/c1-14(2,3)22-13(20)19-12(15-21-8-16)18-10-6-9(7-10)11-4-5-17-23-11;1-2-14-9-6-10-15(13(14)16)17-11-12-7-4-3-5-8-12/h4-5,9-10,18H,6-7H2,1-3H3,(H,19,20);3-5,7-8H,2,6,9-11H2,1H3. The van der Waals surface area contributed by atoms with Crippen LogP contribution in [0.15, 0.2) is 47.1 Å². The Kier molecular flexibility index (Phi) is 11.4. The monoisotopic (exact) mass is 552 g/mol. The van der Waals surface area contributed by atoms with E-state index in [1.54, 1.807) is 31.9 Å². The molecule has 0 unspecified atom stereocenters. The number of carbonyl (C=O) groups is 2. The molecule has 1 aromatic heterocycles. The Morgan fingerprint density at radius 2 is 1.98 bits per heavy atom. The van der Waals surface area contributed by atoms with Gasteiger partial charge in [-0.1, -0.05) is 30.3 Å². The van der Waals surface area contributed by atoms with E-state index in [1.807, 2.05) is 43.3 Å². The van der Waals surface area contributed by atoms with Crippen LogP contribution in [0.3, 0.4) is 0 Å². The summed E-state index contributed by atoms with van der Waals surface area (Å²) in [6, 6.07) is 11.8. The fourth-order valence-corrected chi connectivity index (χ4v) is 4.12. The molecule has 12 nitrogen and oxygen atoms in total. The zero-order valence-electron chi connectivity index (χ0n) is 23.5. The molecule has 0 atom stereocenters. The van der Waals surface area contributed by atoms with Crippen LogP contribution in [0, 0.1) is 11.5 Å². The smallest absolute Gasteiger partial charge is 0.323 e. The molecule has 40 heavy (non-hydrogen) atoms. The number of carbonyl (C=O) groups excluding carboxylic acids is 2. The first kappa shape index (κ1) is 30.5. The van der Waals surface area contributed by atoms with Crippen LogP contribution in [-0.4, -0.2) is 71.4 Å². The predicted octanol–water partition coefficient (Wildman–Crippen LogP) is 3.50. The molecule has 1 aliphatic heterocycles. The number of hydroxylamine groups is 2. The van der Waals surface area contributed by atoms with Crippen molar-refractivity contribution in [2.75, 3.05) is 19.6 Å². The molecule has 13 heteroatoms. The number of nitriles is 1. The third kappa shape index (κ3) is 9.92. The molecule has 214 valence electrons. The molecule has 3 amide bonds. The molecular weight excluding hydrogens is 515 g/mol. The van der Waals surface area contributed by atoms with Gasteiger partial charge in [0.1, 0.15) is 6.61 Å². The first-order valence-corrected chi connectivity index (χ1v) is 13.3. The van der Waals surface area contributed by atoms with Crippen LogP contribution in [0.25, 0.3) is 0 Å². The Bertz CT molecular complexity index is 1140. The summed E-state index contributed by atoms with van der Waals surface area (Å²) in [7, 11) is 1.14. The van der Waals surface area contributed by atoms with Crippen molar-refractivity contribution in [3.05, 3.63) is 53.9 Å². The number of nitrogens with one attached hydrogen (secondary N) is 2. The SMILES string of the molecule is CC(C)(C)OC(=O)NC(=BOC#N)NC1CC(c2ccno2)C1.CCN1CCCN(OCc2ccccc2)C1=O. The summed E-state index contributed by atoms with van der Waals surface area (Å²) in [5.74, 6) is 1.15. The van der Waals surface area contributed by atoms with Gasteiger partial charge in [0, 0.05) is 13.1 Å². The van der Waals surface area contributed by atoms with Gasteiger partial charge in [-0.05, 0) is 18.9 Å². The number of urea groups is 1. The van der Waals surface area contributed by atoms with Crippen molar-refractivity contribution < 1.29 is 28.3 Å². The zero-order valence-corrected chi connectivity index (χ0v) is 23.5. The molecule has 1 aliphatic carbocycles. The van der Waals surface area contributed by atoms with Crippen LogP contribution >= 0.6 is 0 Å². The second kappa shape index (κ2) is 14.9. The first-order chi connectivity index (χ1) is 19.2. The number of hydrogen-bond donors (Lipinski definition) is 2. The van der Waals surface area contributed by atoms with Crippen molar-refractivity contribution in [2.45, 2.75) is 71.1 Å². The molecule has 0 radical (unpaired) electrons. The first-order valence-electron chi connectivity index (χ1n) is 13.3. The van der Waals surface area contributed by atoms with E-state index in [1.165, 1.54) is 11.3 Å². The molecule has 0 bridgehead atoms. The van der Waals surface area contributed by atoms with Gasteiger partial charge in [0.25, 0.3) is 0 Å². The van der Waals surface area contributed by atoms with E-state index in [-0.39, 0.29) is 17.8 Å². The minimum absolute atomic E-state index is 0.0188. The number of benzene rings is 1. The number of ether oxygens (including phenoxy) is 1. The Morgan fingerprint density at radius 3 is 2.60 bits per heavy atom. The molecule has 1 saturated heterocycles. The quantitative estimate of drug-likeness (QED) is 0.353. The second-order valence-electron chi connectivity index (χ2n) is 10.4. The average Bonchev–Trinajstić information content (AvgIpc) is 3.42. The Hall–Kier alpha value is -4.05. The van der Waals surface area contributed by atoms with Crippen molar-refractivity contribution >= 4 is 25.0 Å². The van der Waals surface area contributed by atoms with Crippen LogP contribution in [-0.2, 0) is 20.8 Å².